The Morgan fingerprint density at radius 3 is 2.65 bits per heavy atom. The summed E-state index contributed by atoms with van der Waals surface area (Å²) in [4.78, 5) is 12.0. The monoisotopic (exact) mass is 277 g/mol. The van der Waals surface area contributed by atoms with Gasteiger partial charge in [0.15, 0.2) is 0 Å². The van der Waals surface area contributed by atoms with Crippen LogP contribution >= 0.6 is 0 Å². The van der Waals surface area contributed by atoms with Gasteiger partial charge in [0, 0.05) is 5.69 Å². The van der Waals surface area contributed by atoms with Gasteiger partial charge in [0.05, 0.1) is 6.10 Å². The highest BCUT2D eigenvalue weighted by atomic mass is 19.1. The standard InChI is InChI=1S/C13H16FN5O/c1-7(2)20-13-18-11(15)17-12(19-13)16-10-5-4-9(14)6-8(10)3/h4-7H,1-3H3,(H3,15,16,17,18,19). The first kappa shape index (κ1) is 14.0. The van der Waals surface area contributed by atoms with Crippen LogP contribution in [0, 0.1) is 12.7 Å². The van der Waals surface area contributed by atoms with E-state index in [2.05, 4.69) is 20.3 Å². The minimum atomic E-state index is -0.299. The van der Waals surface area contributed by atoms with Crippen molar-refractivity contribution in [3.63, 3.8) is 0 Å². The maximum Gasteiger partial charge on any atom is 0.323 e. The van der Waals surface area contributed by atoms with Crippen LogP contribution in [0.2, 0.25) is 0 Å². The highest BCUT2D eigenvalue weighted by Gasteiger charge is 2.08. The lowest BCUT2D eigenvalue weighted by Crippen LogP contribution is -2.12. The minimum Gasteiger partial charge on any atom is -0.461 e. The smallest absolute Gasteiger partial charge is 0.323 e. The second kappa shape index (κ2) is 5.68. The molecule has 0 radical (unpaired) electrons. The predicted molar refractivity (Wildman–Crippen MR) is 74.4 cm³/mol. The second-order valence-corrected chi connectivity index (χ2v) is 4.55. The molecule has 2 aromatic rings. The summed E-state index contributed by atoms with van der Waals surface area (Å²) < 4.78 is 18.4. The van der Waals surface area contributed by atoms with Gasteiger partial charge < -0.3 is 15.8 Å². The summed E-state index contributed by atoms with van der Waals surface area (Å²) in [7, 11) is 0. The first-order valence-electron chi connectivity index (χ1n) is 6.15. The molecule has 1 aromatic heterocycles. The molecule has 0 aliphatic carbocycles. The molecule has 106 valence electrons. The topological polar surface area (TPSA) is 86.0 Å². The number of nitrogen functional groups attached to an aromatic ring is 1. The molecule has 0 saturated carbocycles. The molecule has 0 atom stereocenters. The van der Waals surface area contributed by atoms with Gasteiger partial charge in [-0.25, -0.2) is 4.39 Å². The molecule has 0 spiro atoms. The molecule has 20 heavy (non-hydrogen) atoms. The summed E-state index contributed by atoms with van der Waals surface area (Å²) in [5.74, 6) is 0.00723. The second-order valence-electron chi connectivity index (χ2n) is 4.55. The largest absolute Gasteiger partial charge is 0.461 e. The molecule has 6 nitrogen and oxygen atoms in total. The first-order valence-corrected chi connectivity index (χ1v) is 6.15. The Kier molecular flexibility index (Phi) is 3.97. The van der Waals surface area contributed by atoms with E-state index < -0.39 is 0 Å². The number of nitrogens with zero attached hydrogens (tertiary/aromatic N) is 3. The normalized spacial score (nSPS) is 10.7. The third-order valence-corrected chi connectivity index (χ3v) is 2.41. The van der Waals surface area contributed by atoms with Crippen LogP contribution in [0.25, 0.3) is 0 Å². The van der Waals surface area contributed by atoms with Crippen molar-refractivity contribution in [2.75, 3.05) is 11.1 Å². The predicted octanol–water partition coefficient (Wildman–Crippen LogP) is 2.43. The molecular formula is C13H16FN5O. The Balaban J connectivity index is 2.26. The SMILES string of the molecule is Cc1cc(F)ccc1Nc1nc(N)nc(OC(C)C)n1. The summed E-state index contributed by atoms with van der Waals surface area (Å²) in [6.45, 7) is 5.50. The summed E-state index contributed by atoms with van der Waals surface area (Å²) in [5.41, 5.74) is 7.03. The zero-order chi connectivity index (χ0) is 14.7. The van der Waals surface area contributed by atoms with Gasteiger partial charge in [0.1, 0.15) is 5.82 Å². The Morgan fingerprint density at radius 2 is 2.00 bits per heavy atom. The number of hydrogen-bond donors (Lipinski definition) is 2. The van der Waals surface area contributed by atoms with Crippen LogP contribution in [0.5, 0.6) is 6.01 Å². The number of aryl methyl sites for hydroxylation is 1. The van der Waals surface area contributed by atoms with Gasteiger partial charge >= 0.3 is 6.01 Å². The van der Waals surface area contributed by atoms with Crippen LogP contribution in [0.3, 0.4) is 0 Å². The van der Waals surface area contributed by atoms with Crippen molar-refractivity contribution in [3.05, 3.63) is 29.6 Å². The number of anilines is 3. The Bertz CT molecular complexity index is 618. The van der Waals surface area contributed by atoms with Crippen molar-refractivity contribution in [3.8, 4) is 6.01 Å². The molecule has 0 saturated heterocycles. The minimum absolute atomic E-state index is 0.0536. The number of nitrogens with two attached hydrogens (primary N) is 1. The molecule has 0 fully saturated rings. The van der Waals surface area contributed by atoms with Crippen LogP contribution < -0.4 is 15.8 Å². The summed E-state index contributed by atoms with van der Waals surface area (Å²) in [5, 5.41) is 2.96. The molecular weight excluding hydrogens is 261 g/mol. The lowest BCUT2D eigenvalue weighted by atomic mass is 10.2. The van der Waals surface area contributed by atoms with E-state index in [-0.39, 0.29) is 29.8 Å². The van der Waals surface area contributed by atoms with Crippen molar-refractivity contribution in [1.82, 2.24) is 15.0 Å². The number of nitrogens with one attached hydrogen (secondary N) is 1. The maximum atomic E-state index is 13.0. The molecule has 0 aliphatic heterocycles. The van der Waals surface area contributed by atoms with Crippen LogP contribution in [-0.2, 0) is 0 Å². The zero-order valence-electron chi connectivity index (χ0n) is 11.5. The van der Waals surface area contributed by atoms with Gasteiger partial charge in [-0.3, -0.25) is 0 Å². The van der Waals surface area contributed by atoms with E-state index in [4.69, 9.17) is 10.5 Å². The van der Waals surface area contributed by atoms with E-state index in [1.165, 1.54) is 12.1 Å². The molecule has 0 aliphatic rings. The van der Waals surface area contributed by atoms with E-state index in [1.807, 2.05) is 13.8 Å². The number of aromatic nitrogens is 3. The molecule has 1 heterocycles. The number of benzene rings is 1. The van der Waals surface area contributed by atoms with E-state index in [9.17, 15) is 4.39 Å². The van der Waals surface area contributed by atoms with Crippen LogP contribution in [0.1, 0.15) is 19.4 Å². The summed E-state index contributed by atoms with van der Waals surface area (Å²) in [6, 6.07) is 4.52. The van der Waals surface area contributed by atoms with Gasteiger partial charge in [-0.05, 0) is 44.5 Å². The lowest BCUT2D eigenvalue weighted by Gasteiger charge is -2.11. The fourth-order valence-electron chi connectivity index (χ4n) is 1.58. The van der Waals surface area contributed by atoms with Crippen LogP contribution in [0.4, 0.5) is 22.0 Å². The number of rotatable bonds is 4. The fourth-order valence-corrected chi connectivity index (χ4v) is 1.58. The van der Waals surface area contributed by atoms with Crippen molar-refractivity contribution in [2.45, 2.75) is 26.9 Å². The number of hydrogen-bond acceptors (Lipinski definition) is 6. The van der Waals surface area contributed by atoms with Gasteiger partial charge in [-0.2, -0.15) is 15.0 Å². The van der Waals surface area contributed by atoms with E-state index in [0.717, 1.165) is 5.56 Å². The third-order valence-electron chi connectivity index (χ3n) is 2.41. The first-order chi connectivity index (χ1) is 9.44. The van der Waals surface area contributed by atoms with Crippen molar-refractivity contribution >= 4 is 17.6 Å². The third kappa shape index (κ3) is 3.53. The number of halogens is 1. The van der Waals surface area contributed by atoms with Gasteiger partial charge in [-0.1, -0.05) is 0 Å². The van der Waals surface area contributed by atoms with Crippen molar-refractivity contribution in [1.29, 1.82) is 0 Å². The molecule has 0 unspecified atom stereocenters. The lowest BCUT2D eigenvalue weighted by molar-refractivity contribution is 0.222. The number of ether oxygens (including phenoxy) is 1. The molecule has 0 amide bonds. The quantitative estimate of drug-likeness (QED) is 0.892. The van der Waals surface area contributed by atoms with Gasteiger partial charge in [0.25, 0.3) is 0 Å². The molecule has 2 rings (SSSR count). The molecule has 1 aromatic carbocycles. The van der Waals surface area contributed by atoms with E-state index in [1.54, 1.807) is 13.0 Å². The van der Waals surface area contributed by atoms with Gasteiger partial charge in [-0.15, -0.1) is 0 Å². The maximum absolute atomic E-state index is 13.0. The highest BCUT2D eigenvalue weighted by Crippen LogP contribution is 2.20. The zero-order valence-corrected chi connectivity index (χ0v) is 11.5. The Morgan fingerprint density at radius 1 is 1.25 bits per heavy atom. The Labute approximate surface area is 116 Å². The molecule has 3 N–H and O–H groups in total. The van der Waals surface area contributed by atoms with E-state index >= 15 is 0 Å². The highest BCUT2D eigenvalue weighted by molar-refractivity contribution is 5.58. The van der Waals surface area contributed by atoms with E-state index in [0.29, 0.717) is 5.69 Å². The summed E-state index contributed by atoms with van der Waals surface area (Å²) in [6.07, 6.45) is -0.0720. The summed E-state index contributed by atoms with van der Waals surface area (Å²) >= 11 is 0. The molecule has 7 heteroatoms. The van der Waals surface area contributed by atoms with Crippen molar-refractivity contribution < 1.29 is 9.13 Å². The average molecular weight is 277 g/mol. The molecule has 0 bridgehead atoms. The van der Waals surface area contributed by atoms with Crippen LogP contribution in [0.15, 0.2) is 18.2 Å². The average Bonchev–Trinajstić information content (AvgIpc) is 2.31. The van der Waals surface area contributed by atoms with Crippen LogP contribution in [-0.4, -0.2) is 21.1 Å². The van der Waals surface area contributed by atoms with Crippen molar-refractivity contribution in [2.24, 2.45) is 0 Å². The fraction of sp³-hybridized carbons (Fsp3) is 0.308. The van der Waals surface area contributed by atoms with Gasteiger partial charge in [0.2, 0.25) is 11.9 Å². The Hall–Kier alpha value is -2.44.